The summed E-state index contributed by atoms with van der Waals surface area (Å²) in [6.07, 6.45) is 10.4. The minimum atomic E-state index is -3.55. The molecule has 2 aromatic rings. The Morgan fingerprint density at radius 2 is 1.91 bits per heavy atom. The van der Waals surface area contributed by atoms with Crippen LogP contribution in [0.2, 0.25) is 0 Å². The molecule has 1 aliphatic heterocycles. The topological polar surface area (TPSA) is 87.7 Å². The normalized spacial score (nSPS) is 25.1. The van der Waals surface area contributed by atoms with Gasteiger partial charge in [-0.3, -0.25) is 0 Å². The number of fused-ring (bicyclic) bond motifs is 3. The van der Waals surface area contributed by atoms with Crippen molar-refractivity contribution in [3.8, 4) is 11.5 Å². The average molecular weight is 455 g/mol. The summed E-state index contributed by atoms with van der Waals surface area (Å²) in [6.45, 7) is 0. The van der Waals surface area contributed by atoms with Crippen LogP contribution in [0.5, 0.6) is 11.5 Å². The van der Waals surface area contributed by atoms with Crippen molar-refractivity contribution in [2.45, 2.75) is 61.4 Å². The van der Waals surface area contributed by atoms with Gasteiger partial charge in [0.25, 0.3) is 0 Å². The van der Waals surface area contributed by atoms with E-state index in [9.17, 15) is 13.5 Å². The number of hydrogen-bond donors (Lipinski definition) is 3. The molecule has 2 aromatic carbocycles. The van der Waals surface area contributed by atoms with E-state index in [1.54, 1.807) is 18.2 Å². The molecule has 0 saturated heterocycles. The lowest BCUT2D eigenvalue weighted by molar-refractivity contribution is 0.371. The third-order valence-electron chi connectivity index (χ3n) is 7.13. The van der Waals surface area contributed by atoms with E-state index in [1.165, 1.54) is 13.5 Å². The number of allylic oxidation sites excluding steroid dienone is 2. The number of sulfonamides is 1. The van der Waals surface area contributed by atoms with E-state index in [1.807, 2.05) is 18.2 Å². The van der Waals surface area contributed by atoms with E-state index in [0.717, 1.165) is 48.9 Å². The van der Waals surface area contributed by atoms with Crippen LogP contribution in [-0.2, 0) is 10.0 Å². The number of aromatic hydroxyl groups is 1. The highest BCUT2D eigenvalue weighted by Gasteiger charge is 2.38. The van der Waals surface area contributed by atoms with Gasteiger partial charge in [-0.2, -0.15) is 0 Å². The minimum Gasteiger partial charge on any atom is -0.504 e. The molecular weight excluding hydrogens is 424 g/mol. The second-order valence-electron chi connectivity index (χ2n) is 9.11. The molecule has 5 rings (SSSR count). The van der Waals surface area contributed by atoms with Gasteiger partial charge in [0.05, 0.1) is 18.0 Å². The number of rotatable bonds is 5. The fourth-order valence-corrected chi connectivity index (χ4v) is 6.82. The molecule has 32 heavy (non-hydrogen) atoms. The molecule has 6 nitrogen and oxygen atoms in total. The molecule has 3 unspecified atom stereocenters. The van der Waals surface area contributed by atoms with Crippen molar-refractivity contribution in [3.63, 3.8) is 0 Å². The van der Waals surface area contributed by atoms with Gasteiger partial charge in [-0.05, 0) is 66.6 Å². The summed E-state index contributed by atoms with van der Waals surface area (Å²) in [5, 5.41) is 13.9. The Morgan fingerprint density at radius 3 is 2.66 bits per heavy atom. The van der Waals surface area contributed by atoms with Crippen molar-refractivity contribution >= 4 is 15.7 Å². The number of benzene rings is 2. The molecule has 0 bridgehead atoms. The first-order valence-corrected chi connectivity index (χ1v) is 12.9. The molecule has 1 saturated carbocycles. The summed E-state index contributed by atoms with van der Waals surface area (Å²) >= 11 is 0. The van der Waals surface area contributed by atoms with Crippen LogP contribution < -0.4 is 14.8 Å². The van der Waals surface area contributed by atoms with Crippen LogP contribution in [0.1, 0.15) is 61.6 Å². The van der Waals surface area contributed by atoms with Gasteiger partial charge in [0.1, 0.15) is 0 Å². The third kappa shape index (κ3) is 3.88. The first-order valence-electron chi connectivity index (χ1n) is 11.4. The smallest absolute Gasteiger partial charge is 0.240 e. The first kappa shape index (κ1) is 21.3. The van der Waals surface area contributed by atoms with Gasteiger partial charge in [-0.15, -0.1) is 0 Å². The highest BCUT2D eigenvalue weighted by Crippen LogP contribution is 2.50. The molecular formula is C25H30N2O4S. The predicted octanol–water partition coefficient (Wildman–Crippen LogP) is 4.84. The highest BCUT2D eigenvalue weighted by atomic mass is 32.2. The van der Waals surface area contributed by atoms with E-state index < -0.39 is 10.0 Å². The summed E-state index contributed by atoms with van der Waals surface area (Å²) in [5.41, 5.74) is 2.95. The van der Waals surface area contributed by atoms with Crippen LogP contribution in [-0.4, -0.2) is 26.7 Å². The summed E-state index contributed by atoms with van der Waals surface area (Å²) in [7, 11) is -2.01. The van der Waals surface area contributed by atoms with E-state index in [-0.39, 0.29) is 29.7 Å². The highest BCUT2D eigenvalue weighted by molar-refractivity contribution is 7.89. The molecule has 0 amide bonds. The van der Waals surface area contributed by atoms with Crippen LogP contribution in [0.3, 0.4) is 0 Å². The number of ether oxygens (including phenoxy) is 1. The van der Waals surface area contributed by atoms with Gasteiger partial charge in [-0.1, -0.05) is 37.5 Å². The molecule has 1 fully saturated rings. The second-order valence-corrected chi connectivity index (χ2v) is 10.8. The largest absolute Gasteiger partial charge is 0.504 e. The molecule has 0 spiro atoms. The molecule has 7 heteroatoms. The Kier molecular flexibility index (Phi) is 5.63. The summed E-state index contributed by atoms with van der Waals surface area (Å²) in [5.74, 6) is 0.951. The maximum absolute atomic E-state index is 13.1. The number of methoxy groups -OCH3 is 1. The zero-order valence-electron chi connectivity index (χ0n) is 18.3. The molecule has 2 aliphatic carbocycles. The molecule has 0 aromatic heterocycles. The van der Waals surface area contributed by atoms with Crippen LogP contribution >= 0.6 is 0 Å². The quantitative estimate of drug-likeness (QED) is 0.563. The number of hydrogen-bond acceptors (Lipinski definition) is 5. The number of nitrogens with one attached hydrogen (secondary N) is 2. The van der Waals surface area contributed by atoms with E-state index in [4.69, 9.17) is 4.74 Å². The van der Waals surface area contributed by atoms with Gasteiger partial charge in [-0.25, -0.2) is 13.1 Å². The number of phenolic OH excluding ortho intramolecular Hbond substituents is 1. The maximum Gasteiger partial charge on any atom is 0.240 e. The van der Waals surface area contributed by atoms with Crippen molar-refractivity contribution in [2.24, 2.45) is 5.92 Å². The molecule has 0 radical (unpaired) electrons. The first-order chi connectivity index (χ1) is 15.5. The van der Waals surface area contributed by atoms with E-state index in [2.05, 4.69) is 22.2 Å². The lowest BCUT2D eigenvalue weighted by Crippen LogP contribution is -2.36. The van der Waals surface area contributed by atoms with Crippen LogP contribution in [0.25, 0.3) is 0 Å². The van der Waals surface area contributed by atoms with Gasteiger partial charge in [0.2, 0.25) is 10.0 Å². The van der Waals surface area contributed by atoms with Gasteiger partial charge < -0.3 is 15.2 Å². The Bertz CT molecular complexity index is 1140. The average Bonchev–Trinajstić information content (AvgIpc) is 3.29. The standard InChI is InChI=1S/C25H30N2O4S/c1-31-24-13-10-16(14-23(24)28)25-20-9-5-8-19(20)21-15-18(11-12-22(21)26-25)32(29,30)27-17-6-3-2-4-7-17/h5,8,10-15,17,19-20,25-28H,2-4,6-7,9H2,1H3. The summed E-state index contributed by atoms with van der Waals surface area (Å²) in [4.78, 5) is 0.336. The Balaban J connectivity index is 1.45. The third-order valence-corrected chi connectivity index (χ3v) is 8.65. The van der Waals surface area contributed by atoms with Crippen LogP contribution in [0.4, 0.5) is 5.69 Å². The molecule has 1 heterocycles. The molecule has 3 atom stereocenters. The second kappa shape index (κ2) is 8.45. The SMILES string of the molecule is COc1ccc(C2Nc3ccc(S(=O)(=O)NC4CCCCC4)cc3C3C=CCC32)cc1O. The van der Waals surface area contributed by atoms with Crippen molar-refractivity contribution in [3.05, 3.63) is 59.7 Å². The lowest BCUT2D eigenvalue weighted by atomic mass is 9.77. The van der Waals surface area contributed by atoms with Crippen molar-refractivity contribution < 1.29 is 18.3 Å². The van der Waals surface area contributed by atoms with Gasteiger partial charge in [0, 0.05) is 17.6 Å². The zero-order valence-corrected chi connectivity index (χ0v) is 19.1. The maximum atomic E-state index is 13.1. The fraction of sp³-hybridized carbons (Fsp3) is 0.440. The monoisotopic (exact) mass is 454 g/mol. The molecule has 3 N–H and O–H groups in total. The summed E-state index contributed by atoms with van der Waals surface area (Å²) < 4.78 is 34.3. The van der Waals surface area contributed by atoms with Crippen LogP contribution in [0.15, 0.2) is 53.4 Å². The fourth-order valence-electron chi connectivity index (χ4n) is 5.48. The molecule has 3 aliphatic rings. The lowest BCUT2D eigenvalue weighted by Gasteiger charge is -2.38. The van der Waals surface area contributed by atoms with E-state index in [0.29, 0.717) is 10.6 Å². The van der Waals surface area contributed by atoms with Gasteiger partial charge in [0.15, 0.2) is 11.5 Å². The number of anilines is 1. The minimum absolute atomic E-state index is 0.0159. The van der Waals surface area contributed by atoms with Crippen molar-refractivity contribution in [1.82, 2.24) is 4.72 Å². The molecule has 170 valence electrons. The van der Waals surface area contributed by atoms with Crippen molar-refractivity contribution in [1.29, 1.82) is 0 Å². The predicted molar refractivity (Wildman–Crippen MR) is 125 cm³/mol. The van der Waals surface area contributed by atoms with Gasteiger partial charge >= 0.3 is 0 Å². The van der Waals surface area contributed by atoms with Crippen molar-refractivity contribution in [2.75, 3.05) is 12.4 Å². The summed E-state index contributed by atoms with van der Waals surface area (Å²) in [6, 6.07) is 11.0. The Hall–Kier alpha value is -2.51. The Morgan fingerprint density at radius 1 is 1.09 bits per heavy atom. The van der Waals surface area contributed by atoms with E-state index >= 15 is 0 Å². The van der Waals surface area contributed by atoms with Crippen LogP contribution in [0, 0.1) is 5.92 Å². The zero-order chi connectivity index (χ0) is 22.3. The Labute approximate surface area is 189 Å². The number of phenols is 1.